The maximum atomic E-state index is 11.8. The lowest BCUT2D eigenvalue weighted by Gasteiger charge is -2.08. The van der Waals surface area contributed by atoms with E-state index in [2.05, 4.69) is 18.2 Å². The van der Waals surface area contributed by atoms with Crippen LogP contribution in [0, 0.1) is 12.3 Å². The van der Waals surface area contributed by atoms with Crippen molar-refractivity contribution < 1.29 is 9.53 Å². The van der Waals surface area contributed by atoms with Gasteiger partial charge in [-0.1, -0.05) is 31.0 Å². The van der Waals surface area contributed by atoms with Gasteiger partial charge in [0.25, 0.3) is 5.91 Å². The Labute approximate surface area is 125 Å². The maximum Gasteiger partial charge on any atom is 0.262 e. The molecule has 1 N–H and O–H groups in total. The van der Waals surface area contributed by atoms with Crippen LogP contribution in [0.1, 0.15) is 18.1 Å². The van der Waals surface area contributed by atoms with Gasteiger partial charge >= 0.3 is 0 Å². The Hall–Kier alpha value is -2.73. The number of aryl methyl sites for hydroxylation is 1. The van der Waals surface area contributed by atoms with Gasteiger partial charge in [-0.25, -0.2) is 0 Å². The molecule has 2 aromatic carbocycles. The van der Waals surface area contributed by atoms with Gasteiger partial charge in [0.05, 0.1) is 0 Å². The number of rotatable bonds is 5. The fraction of sp³-hybridized carbons (Fsp3) is 0.167. The molecule has 0 saturated heterocycles. The number of anilines is 1. The highest BCUT2D eigenvalue weighted by molar-refractivity contribution is 5.92. The van der Waals surface area contributed by atoms with E-state index in [4.69, 9.17) is 11.2 Å². The van der Waals surface area contributed by atoms with Crippen molar-refractivity contribution in [2.75, 3.05) is 11.9 Å². The summed E-state index contributed by atoms with van der Waals surface area (Å²) in [7, 11) is 0. The van der Waals surface area contributed by atoms with Crippen molar-refractivity contribution in [1.82, 2.24) is 0 Å². The van der Waals surface area contributed by atoms with Gasteiger partial charge in [0.1, 0.15) is 5.75 Å². The summed E-state index contributed by atoms with van der Waals surface area (Å²) in [6.45, 7) is 2.05. The average molecular weight is 279 g/mol. The Morgan fingerprint density at radius 1 is 1.24 bits per heavy atom. The molecule has 2 aromatic rings. The van der Waals surface area contributed by atoms with Gasteiger partial charge in [0, 0.05) is 11.3 Å². The van der Waals surface area contributed by atoms with Crippen molar-refractivity contribution in [3.05, 3.63) is 59.7 Å². The zero-order valence-corrected chi connectivity index (χ0v) is 11.9. The number of terminal acetylenes is 1. The van der Waals surface area contributed by atoms with E-state index in [0.717, 1.165) is 12.0 Å². The van der Waals surface area contributed by atoms with Crippen molar-refractivity contribution in [1.29, 1.82) is 0 Å². The quantitative estimate of drug-likeness (QED) is 0.853. The minimum Gasteiger partial charge on any atom is -0.484 e. The van der Waals surface area contributed by atoms with Crippen molar-refractivity contribution in [3.8, 4) is 18.1 Å². The van der Waals surface area contributed by atoms with Crippen LogP contribution in [0.5, 0.6) is 5.75 Å². The maximum absolute atomic E-state index is 11.8. The monoisotopic (exact) mass is 279 g/mol. The molecular weight excluding hydrogens is 262 g/mol. The average Bonchev–Trinajstić information content (AvgIpc) is 2.53. The first-order chi connectivity index (χ1) is 10.2. The summed E-state index contributed by atoms with van der Waals surface area (Å²) in [5.41, 5.74) is 2.63. The van der Waals surface area contributed by atoms with Crippen molar-refractivity contribution in [2.24, 2.45) is 0 Å². The van der Waals surface area contributed by atoms with Crippen molar-refractivity contribution in [2.45, 2.75) is 13.3 Å². The van der Waals surface area contributed by atoms with Gasteiger partial charge in [-0.05, 0) is 42.3 Å². The van der Waals surface area contributed by atoms with Crippen LogP contribution >= 0.6 is 0 Å². The molecule has 0 spiro atoms. The smallest absolute Gasteiger partial charge is 0.262 e. The summed E-state index contributed by atoms with van der Waals surface area (Å²) in [5.74, 6) is 2.99. The first kappa shape index (κ1) is 14.7. The van der Waals surface area contributed by atoms with Gasteiger partial charge in [0.2, 0.25) is 0 Å². The number of carbonyl (C=O) groups excluding carboxylic acids is 1. The molecule has 2 rings (SSSR count). The molecule has 0 aliphatic carbocycles. The summed E-state index contributed by atoms with van der Waals surface area (Å²) in [6.07, 6.45) is 6.30. The Bertz CT molecular complexity index is 654. The third kappa shape index (κ3) is 4.39. The molecule has 0 fully saturated rings. The normalized spacial score (nSPS) is 9.71. The second-order valence-electron chi connectivity index (χ2n) is 4.56. The van der Waals surface area contributed by atoms with Crippen LogP contribution in [-0.2, 0) is 11.2 Å². The topological polar surface area (TPSA) is 38.3 Å². The van der Waals surface area contributed by atoms with Crippen LogP contribution in [0.3, 0.4) is 0 Å². The van der Waals surface area contributed by atoms with Crippen LogP contribution in [0.4, 0.5) is 5.69 Å². The Morgan fingerprint density at radius 2 is 2.00 bits per heavy atom. The molecule has 0 radical (unpaired) electrons. The van der Waals surface area contributed by atoms with Crippen LogP contribution in [0.25, 0.3) is 0 Å². The highest BCUT2D eigenvalue weighted by Crippen LogP contribution is 2.13. The highest BCUT2D eigenvalue weighted by Gasteiger charge is 2.04. The molecule has 0 atom stereocenters. The molecule has 0 unspecified atom stereocenters. The lowest BCUT2D eigenvalue weighted by Crippen LogP contribution is -2.20. The number of hydrogen-bond acceptors (Lipinski definition) is 2. The van der Waals surface area contributed by atoms with E-state index >= 15 is 0 Å². The number of amides is 1. The number of hydrogen-bond donors (Lipinski definition) is 1. The number of ether oxygens (including phenoxy) is 1. The first-order valence-corrected chi connectivity index (χ1v) is 6.79. The third-order valence-corrected chi connectivity index (χ3v) is 3.01. The van der Waals surface area contributed by atoms with E-state index in [-0.39, 0.29) is 12.5 Å². The van der Waals surface area contributed by atoms with Gasteiger partial charge in [-0.2, -0.15) is 0 Å². The van der Waals surface area contributed by atoms with E-state index in [1.54, 1.807) is 24.3 Å². The standard InChI is InChI=1S/C18H17NO2/c1-3-14-8-10-17(11-9-14)21-13-18(20)19-16-7-5-6-15(4-2)12-16/h2,5-12H,3,13H2,1H3,(H,19,20). The Kier molecular flexibility index (Phi) is 5.00. The summed E-state index contributed by atoms with van der Waals surface area (Å²) in [5, 5.41) is 2.75. The Balaban J connectivity index is 1.88. The van der Waals surface area contributed by atoms with Crippen molar-refractivity contribution >= 4 is 11.6 Å². The predicted octanol–water partition coefficient (Wildman–Crippen LogP) is 3.25. The molecule has 0 saturated carbocycles. The first-order valence-electron chi connectivity index (χ1n) is 6.79. The van der Waals surface area contributed by atoms with E-state index in [1.165, 1.54) is 5.56 Å². The van der Waals surface area contributed by atoms with Crippen LogP contribution in [-0.4, -0.2) is 12.5 Å². The van der Waals surface area contributed by atoms with E-state index in [0.29, 0.717) is 11.4 Å². The molecule has 0 aliphatic rings. The minimum absolute atomic E-state index is 0.0360. The molecule has 0 aliphatic heterocycles. The fourth-order valence-electron chi connectivity index (χ4n) is 1.85. The number of benzene rings is 2. The summed E-state index contributed by atoms with van der Waals surface area (Å²) < 4.78 is 5.44. The van der Waals surface area contributed by atoms with Crippen molar-refractivity contribution in [3.63, 3.8) is 0 Å². The predicted molar refractivity (Wildman–Crippen MR) is 84.3 cm³/mol. The molecule has 0 heterocycles. The van der Waals surface area contributed by atoms with Gasteiger partial charge in [0.15, 0.2) is 6.61 Å². The van der Waals surface area contributed by atoms with E-state index in [9.17, 15) is 4.79 Å². The van der Waals surface area contributed by atoms with E-state index < -0.39 is 0 Å². The molecule has 1 amide bonds. The van der Waals surface area contributed by atoms with Gasteiger partial charge in [-0.15, -0.1) is 6.42 Å². The summed E-state index contributed by atoms with van der Waals surface area (Å²) >= 11 is 0. The molecule has 3 nitrogen and oxygen atoms in total. The number of nitrogens with one attached hydrogen (secondary N) is 1. The molecule has 106 valence electrons. The molecular formula is C18H17NO2. The summed E-state index contributed by atoms with van der Waals surface area (Å²) in [6, 6.07) is 14.8. The van der Waals surface area contributed by atoms with Crippen LogP contribution in [0.15, 0.2) is 48.5 Å². The lowest BCUT2D eigenvalue weighted by atomic mass is 10.2. The zero-order chi connectivity index (χ0) is 15.1. The lowest BCUT2D eigenvalue weighted by molar-refractivity contribution is -0.118. The highest BCUT2D eigenvalue weighted by atomic mass is 16.5. The molecule has 21 heavy (non-hydrogen) atoms. The van der Waals surface area contributed by atoms with E-state index in [1.807, 2.05) is 24.3 Å². The molecule has 0 aromatic heterocycles. The van der Waals surface area contributed by atoms with Crippen LogP contribution in [0.2, 0.25) is 0 Å². The SMILES string of the molecule is C#Cc1cccc(NC(=O)COc2ccc(CC)cc2)c1. The summed E-state index contributed by atoms with van der Waals surface area (Å²) in [4.78, 5) is 11.8. The molecule has 3 heteroatoms. The largest absolute Gasteiger partial charge is 0.484 e. The van der Waals surface area contributed by atoms with Gasteiger partial charge in [-0.3, -0.25) is 4.79 Å². The fourth-order valence-corrected chi connectivity index (χ4v) is 1.85. The second kappa shape index (κ2) is 7.16. The second-order valence-corrected chi connectivity index (χ2v) is 4.56. The zero-order valence-electron chi connectivity index (χ0n) is 11.9. The van der Waals surface area contributed by atoms with Crippen LogP contribution < -0.4 is 10.1 Å². The minimum atomic E-state index is -0.219. The third-order valence-electron chi connectivity index (χ3n) is 3.01. The number of carbonyl (C=O) groups is 1. The van der Waals surface area contributed by atoms with Gasteiger partial charge < -0.3 is 10.1 Å². The molecule has 0 bridgehead atoms. The Morgan fingerprint density at radius 3 is 2.67 bits per heavy atom.